The smallest absolute Gasteiger partial charge is 0.352 e. The van der Waals surface area contributed by atoms with Gasteiger partial charge in [-0.25, -0.2) is 4.79 Å². The molecule has 0 saturated heterocycles. The Morgan fingerprint density at radius 3 is 1.87 bits per heavy atom. The largest absolute Gasteiger partial charge is 0.447 e. The zero-order valence-corrected chi connectivity index (χ0v) is 9.79. The van der Waals surface area contributed by atoms with Crippen LogP contribution in [0.4, 0.5) is 0 Å². The van der Waals surface area contributed by atoms with Gasteiger partial charge in [0.1, 0.15) is 0 Å². The van der Waals surface area contributed by atoms with Crippen LogP contribution in [-0.4, -0.2) is 29.4 Å². The van der Waals surface area contributed by atoms with Crippen LogP contribution in [0.15, 0.2) is 0 Å². The SMILES string of the molecule is CC(C)(C)C(=O)OC(C)(C)C(=O)OCO. The summed E-state index contributed by atoms with van der Waals surface area (Å²) in [5.74, 6) is -1.27. The fourth-order valence-corrected chi connectivity index (χ4v) is 0.659. The number of carbonyl (C=O) groups excluding carboxylic acids is 2. The van der Waals surface area contributed by atoms with Crippen molar-refractivity contribution < 1.29 is 24.2 Å². The van der Waals surface area contributed by atoms with Gasteiger partial charge in [-0.2, -0.15) is 0 Å². The summed E-state index contributed by atoms with van der Waals surface area (Å²) in [6.07, 6.45) is 0. The molecule has 5 heteroatoms. The van der Waals surface area contributed by atoms with E-state index in [0.717, 1.165) is 0 Å². The fourth-order valence-electron chi connectivity index (χ4n) is 0.659. The number of hydrogen-bond donors (Lipinski definition) is 1. The maximum absolute atomic E-state index is 11.5. The third kappa shape index (κ3) is 4.29. The Balaban J connectivity index is 4.51. The molecule has 0 amide bonds. The number of hydrogen-bond acceptors (Lipinski definition) is 5. The van der Waals surface area contributed by atoms with Crippen molar-refractivity contribution in [3.8, 4) is 0 Å². The van der Waals surface area contributed by atoms with Gasteiger partial charge in [0.15, 0.2) is 6.79 Å². The van der Waals surface area contributed by atoms with Crippen LogP contribution in [0.5, 0.6) is 0 Å². The minimum atomic E-state index is -1.38. The van der Waals surface area contributed by atoms with Crippen molar-refractivity contribution in [3.05, 3.63) is 0 Å². The normalized spacial score (nSPS) is 12.1. The van der Waals surface area contributed by atoms with Crippen LogP contribution >= 0.6 is 0 Å². The lowest BCUT2D eigenvalue weighted by Crippen LogP contribution is -2.41. The standard InChI is InChI=1S/C10H18O5/c1-9(2,3)7(12)15-10(4,5)8(13)14-6-11/h11H,6H2,1-5H3. The van der Waals surface area contributed by atoms with E-state index in [4.69, 9.17) is 9.84 Å². The summed E-state index contributed by atoms with van der Waals surface area (Å²) in [4.78, 5) is 22.8. The monoisotopic (exact) mass is 218 g/mol. The van der Waals surface area contributed by atoms with E-state index in [0.29, 0.717) is 0 Å². The highest BCUT2D eigenvalue weighted by molar-refractivity contribution is 5.84. The highest BCUT2D eigenvalue weighted by Gasteiger charge is 2.37. The summed E-state index contributed by atoms with van der Waals surface area (Å²) in [7, 11) is 0. The molecule has 0 aromatic rings. The van der Waals surface area contributed by atoms with Gasteiger partial charge in [-0.1, -0.05) is 0 Å². The van der Waals surface area contributed by atoms with Crippen molar-refractivity contribution in [2.75, 3.05) is 6.79 Å². The first-order valence-electron chi connectivity index (χ1n) is 4.63. The number of carbonyl (C=O) groups is 2. The number of aliphatic hydroxyl groups is 1. The van der Waals surface area contributed by atoms with E-state index in [9.17, 15) is 9.59 Å². The van der Waals surface area contributed by atoms with Gasteiger partial charge in [-0.05, 0) is 34.6 Å². The van der Waals surface area contributed by atoms with Gasteiger partial charge in [0, 0.05) is 0 Å². The molecule has 0 aromatic carbocycles. The Bertz CT molecular complexity index is 249. The molecule has 0 atom stereocenters. The van der Waals surface area contributed by atoms with Crippen LogP contribution < -0.4 is 0 Å². The van der Waals surface area contributed by atoms with E-state index in [2.05, 4.69) is 4.74 Å². The maximum Gasteiger partial charge on any atom is 0.352 e. The molecule has 0 saturated carbocycles. The highest BCUT2D eigenvalue weighted by atomic mass is 16.6. The first-order valence-corrected chi connectivity index (χ1v) is 4.63. The number of esters is 2. The molecule has 0 radical (unpaired) electrons. The van der Waals surface area contributed by atoms with Gasteiger partial charge in [-0.3, -0.25) is 4.79 Å². The second kappa shape index (κ2) is 4.61. The number of rotatable bonds is 3. The molecule has 0 aliphatic heterocycles. The summed E-state index contributed by atoms with van der Waals surface area (Å²) < 4.78 is 9.35. The Morgan fingerprint density at radius 1 is 1.07 bits per heavy atom. The molecule has 0 heterocycles. The molecule has 15 heavy (non-hydrogen) atoms. The van der Waals surface area contributed by atoms with E-state index < -0.39 is 29.7 Å². The van der Waals surface area contributed by atoms with Crippen molar-refractivity contribution in [1.82, 2.24) is 0 Å². The average molecular weight is 218 g/mol. The van der Waals surface area contributed by atoms with Gasteiger partial charge < -0.3 is 14.6 Å². The molecular formula is C10H18O5. The Morgan fingerprint density at radius 2 is 1.53 bits per heavy atom. The van der Waals surface area contributed by atoms with Crippen LogP contribution in [0, 0.1) is 5.41 Å². The third-order valence-electron chi connectivity index (χ3n) is 1.65. The van der Waals surface area contributed by atoms with E-state index in [1.165, 1.54) is 13.8 Å². The van der Waals surface area contributed by atoms with Crippen molar-refractivity contribution in [3.63, 3.8) is 0 Å². The third-order valence-corrected chi connectivity index (χ3v) is 1.65. The summed E-state index contributed by atoms with van der Waals surface area (Å²) in [6, 6.07) is 0. The van der Waals surface area contributed by atoms with Crippen LogP contribution in [0.2, 0.25) is 0 Å². The molecule has 0 bridgehead atoms. The average Bonchev–Trinajstić information content (AvgIpc) is 2.02. The quantitative estimate of drug-likeness (QED) is 0.561. The van der Waals surface area contributed by atoms with Gasteiger partial charge in [0.2, 0.25) is 5.60 Å². The molecule has 0 aromatic heterocycles. The fraction of sp³-hybridized carbons (Fsp3) is 0.800. The second-order valence-electron chi connectivity index (χ2n) is 4.71. The molecule has 0 rings (SSSR count). The minimum Gasteiger partial charge on any atom is -0.447 e. The molecule has 5 nitrogen and oxygen atoms in total. The molecule has 0 fully saturated rings. The van der Waals surface area contributed by atoms with Crippen LogP contribution in [0.1, 0.15) is 34.6 Å². The Labute approximate surface area is 89.4 Å². The summed E-state index contributed by atoms with van der Waals surface area (Å²) in [5, 5.41) is 8.41. The molecule has 0 spiro atoms. The first-order chi connectivity index (χ1) is 6.61. The zero-order valence-electron chi connectivity index (χ0n) is 9.79. The second-order valence-corrected chi connectivity index (χ2v) is 4.71. The van der Waals surface area contributed by atoms with Crippen LogP contribution in [0.3, 0.4) is 0 Å². The van der Waals surface area contributed by atoms with E-state index in [-0.39, 0.29) is 0 Å². The Hall–Kier alpha value is -1.10. The summed E-state index contributed by atoms with van der Waals surface area (Å²) in [6.45, 7) is 7.15. The van der Waals surface area contributed by atoms with E-state index in [1.807, 2.05) is 0 Å². The van der Waals surface area contributed by atoms with E-state index in [1.54, 1.807) is 20.8 Å². The van der Waals surface area contributed by atoms with Crippen molar-refractivity contribution in [2.24, 2.45) is 5.41 Å². The van der Waals surface area contributed by atoms with E-state index >= 15 is 0 Å². The van der Waals surface area contributed by atoms with Crippen molar-refractivity contribution >= 4 is 11.9 Å². The molecule has 0 aliphatic rings. The zero-order chi connectivity index (χ0) is 12.3. The first kappa shape index (κ1) is 13.9. The van der Waals surface area contributed by atoms with Gasteiger partial charge >= 0.3 is 11.9 Å². The highest BCUT2D eigenvalue weighted by Crippen LogP contribution is 2.21. The number of aliphatic hydroxyl groups excluding tert-OH is 1. The summed E-state index contributed by atoms with van der Waals surface area (Å²) >= 11 is 0. The van der Waals surface area contributed by atoms with Gasteiger partial charge in [0.25, 0.3) is 0 Å². The number of ether oxygens (including phenoxy) is 2. The molecular weight excluding hydrogens is 200 g/mol. The van der Waals surface area contributed by atoms with Crippen molar-refractivity contribution in [1.29, 1.82) is 0 Å². The minimum absolute atomic E-state index is 0.498. The van der Waals surface area contributed by atoms with Crippen molar-refractivity contribution in [2.45, 2.75) is 40.2 Å². The predicted octanol–water partition coefficient (Wildman–Crippen LogP) is 0.847. The lowest BCUT2D eigenvalue weighted by Gasteiger charge is -2.26. The predicted molar refractivity (Wildman–Crippen MR) is 52.8 cm³/mol. The molecule has 88 valence electrons. The van der Waals surface area contributed by atoms with Gasteiger partial charge in [0.05, 0.1) is 5.41 Å². The lowest BCUT2D eigenvalue weighted by atomic mass is 9.97. The van der Waals surface area contributed by atoms with Crippen LogP contribution in [0.25, 0.3) is 0 Å². The summed E-state index contributed by atoms with van der Waals surface area (Å²) in [5.41, 5.74) is -2.07. The van der Waals surface area contributed by atoms with Crippen LogP contribution in [-0.2, 0) is 19.1 Å². The molecule has 1 N–H and O–H groups in total. The maximum atomic E-state index is 11.5. The lowest BCUT2D eigenvalue weighted by molar-refractivity contribution is -0.188. The molecule has 0 unspecified atom stereocenters. The topological polar surface area (TPSA) is 72.8 Å². The molecule has 0 aliphatic carbocycles. The van der Waals surface area contributed by atoms with Gasteiger partial charge in [-0.15, -0.1) is 0 Å². The Kier molecular flexibility index (Phi) is 4.27.